The van der Waals surface area contributed by atoms with Gasteiger partial charge in [0.2, 0.25) is 5.91 Å². The van der Waals surface area contributed by atoms with E-state index >= 15 is 0 Å². The smallest absolute Gasteiger partial charge is 0.410 e. The minimum Gasteiger partial charge on any atom is -0.496 e. The largest absolute Gasteiger partial charge is 0.496 e. The molecule has 0 spiro atoms. The minimum atomic E-state index is -0.881. The maximum Gasteiger partial charge on any atom is 0.410 e. The van der Waals surface area contributed by atoms with Crippen molar-refractivity contribution in [3.8, 4) is 11.5 Å². The van der Waals surface area contributed by atoms with Crippen LogP contribution in [0.25, 0.3) is 0 Å². The molecule has 0 bridgehead atoms. The summed E-state index contributed by atoms with van der Waals surface area (Å²) in [7, 11) is 3.13. The molecule has 1 saturated heterocycles. The van der Waals surface area contributed by atoms with Crippen molar-refractivity contribution in [3.63, 3.8) is 0 Å². The number of aliphatic hydroxyl groups excluding tert-OH is 1. The normalized spacial score (nSPS) is 23.2. The van der Waals surface area contributed by atoms with Crippen LogP contribution in [0.5, 0.6) is 11.5 Å². The average molecular weight is 449 g/mol. The van der Waals surface area contributed by atoms with E-state index in [1.807, 2.05) is 34.6 Å². The summed E-state index contributed by atoms with van der Waals surface area (Å²) in [5, 5.41) is 10.9. The summed E-state index contributed by atoms with van der Waals surface area (Å²) in [6, 6.07) is 3.29. The van der Waals surface area contributed by atoms with Gasteiger partial charge in [-0.1, -0.05) is 13.8 Å². The van der Waals surface area contributed by atoms with Gasteiger partial charge in [-0.25, -0.2) is 4.79 Å². The zero-order valence-electron chi connectivity index (χ0n) is 20.2. The van der Waals surface area contributed by atoms with E-state index in [0.29, 0.717) is 36.6 Å². The first-order valence-electron chi connectivity index (χ1n) is 11.2. The van der Waals surface area contributed by atoms with Crippen molar-refractivity contribution >= 4 is 12.0 Å². The molecule has 3 rings (SSSR count). The van der Waals surface area contributed by atoms with Crippen LogP contribution in [0.1, 0.15) is 58.3 Å². The Balaban J connectivity index is 1.85. The molecule has 2 heterocycles. The monoisotopic (exact) mass is 448 g/mol. The Morgan fingerprint density at radius 1 is 1.12 bits per heavy atom. The topological polar surface area (TPSA) is 88.5 Å². The summed E-state index contributed by atoms with van der Waals surface area (Å²) < 4.78 is 16.5. The van der Waals surface area contributed by atoms with Gasteiger partial charge in [0.1, 0.15) is 23.2 Å². The van der Waals surface area contributed by atoms with E-state index in [-0.39, 0.29) is 36.4 Å². The number of β-amino-alcohol motifs (C(OH)–C–C–N with tert-alkyl or cyclic N) is 1. The molecule has 1 aromatic carbocycles. The van der Waals surface area contributed by atoms with Gasteiger partial charge in [0.15, 0.2) is 0 Å². The maximum absolute atomic E-state index is 13.6. The van der Waals surface area contributed by atoms with Gasteiger partial charge in [0.25, 0.3) is 0 Å². The van der Waals surface area contributed by atoms with Crippen LogP contribution in [0.3, 0.4) is 0 Å². The molecule has 32 heavy (non-hydrogen) atoms. The third-order valence-corrected chi connectivity index (χ3v) is 6.18. The Bertz CT molecular complexity index is 863. The molecule has 178 valence electrons. The van der Waals surface area contributed by atoms with Crippen LogP contribution in [-0.4, -0.2) is 65.9 Å². The summed E-state index contributed by atoms with van der Waals surface area (Å²) >= 11 is 0. The number of ether oxygens (including phenoxy) is 3. The molecule has 0 aliphatic carbocycles. The summed E-state index contributed by atoms with van der Waals surface area (Å²) in [6.45, 7) is 10.5. The van der Waals surface area contributed by atoms with Crippen molar-refractivity contribution in [1.82, 2.24) is 9.80 Å². The Kier molecular flexibility index (Phi) is 6.93. The third-order valence-electron chi connectivity index (χ3n) is 6.18. The van der Waals surface area contributed by atoms with E-state index in [9.17, 15) is 14.7 Å². The highest BCUT2D eigenvalue weighted by Gasteiger charge is 2.46. The lowest BCUT2D eigenvalue weighted by molar-refractivity contribution is -0.139. The van der Waals surface area contributed by atoms with Crippen LogP contribution in [0.15, 0.2) is 12.1 Å². The summed E-state index contributed by atoms with van der Waals surface area (Å²) in [5.74, 6) is 0.852. The molecule has 8 heteroatoms. The maximum atomic E-state index is 13.6. The van der Waals surface area contributed by atoms with Gasteiger partial charge < -0.3 is 29.1 Å². The molecule has 1 fully saturated rings. The van der Waals surface area contributed by atoms with Crippen molar-refractivity contribution in [3.05, 3.63) is 23.3 Å². The first-order chi connectivity index (χ1) is 15.0. The van der Waals surface area contributed by atoms with Crippen LogP contribution in [0.2, 0.25) is 0 Å². The van der Waals surface area contributed by atoms with E-state index in [1.54, 1.807) is 36.2 Å². The van der Waals surface area contributed by atoms with Gasteiger partial charge in [-0.05, 0) is 45.2 Å². The number of carbonyl (C=O) groups is 2. The second-order valence-corrected chi connectivity index (χ2v) is 9.90. The minimum absolute atomic E-state index is 0.0654. The van der Waals surface area contributed by atoms with E-state index in [2.05, 4.69) is 0 Å². The van der Waals surface area contributed by atoms with Gasteiger partial charge >= 0.3 is 6.09 Å². The molecule has 2 aliphatic rings. The summed E-state index contributed by atoms with van der Waals surface area (Å²) in [4.78, 5) is 29.8. The van der Waals surface area contributed by atoms with Gasteiger partial charge in [-0.3, -0.25) is 4.79 Å². The van der Waals surface area contributed by atoms with Gasteiger partial charge in [-0.2, -0.15) is 0 Å². The number of amides is 2. The van der Waals surface area contributed by atoms with Gasteiger partial charge in [0, 0.05) is 30.3 Å². The number of carbonyl (C=O) groups excluding carboxylic acids is 2. The lowest BCUT2D eigenvalue weighted by atomic mass is 9.88. The molecule has 0 unspecified atom stereocenters. The van der Waals surface area contributed by atoms with E-state index < -0.39 is 11.7 Å². The van der Waals surface area contributed by atoms with E-state index in [0.717, 1.165) is 5.56 Å². The summed E-state index contributed by atoms with van der Waals surface area (Å²) in [6.07, 6.45) is -0.703. The number of aliphatic hydroxyl groups is 1. The molecular formula is C24H36N2O6. The highest BCUT2D eigenvalue weighted by atomic mass is 16.6. The number of nitrogens with zero attached hydrogens (tertiary/aromatic N) is 2. The molecule has 1 N–H and O–H groups in total. The molecule has 3 atom stereocenters. The van der Waals surface area contributed by atoms with E-state index in [1.165, 1.54) is 0 Å². The fraction of sp³-hybridized carbons (Fsp3) is 0.667. The second-order valence-electron chi connectivity index (χ2n) is 9.90. The lowest BCUT2D eigenvalue weighted by Crippen LogP contribution is -2.49. The molecular weight excluding hydrogens is 412 g/mol. The van der Waals surface area contributed by atoms with Gasteiger partial charge in [0.05, 0.1) is 26.7 Å². The van der Waals surface area contributed by atoms with Crippen molar-refractivity contribution in [1.29, 1.82) is 0 Å². The predicted octanol–water partition coefficient (Wildman–Crippen LogP) is 3.36. The fourth-order valence-corrected chi connectivity index (χ4v) is 4.92. The van der Waals surface area contributed by atoms with Crippen LogP contribution in [-0.2, 0) is 16.1 Å². The summed E-state index contributed by atoms with van der Waals surface area (Å²) in [5.41, 5.74) is 0.817. The van der Waals surface area contributed by atoms with Gasteiger partial charge in [-0.15, -0.1) is 0 Å². The number of hydrogen-bond acceptors (Lipinski definition) is 6. The molecule has 1 aromatic rings. The lowest BCUT2D eigenvalue weighted by Gasteiger charge is -2.38. The third kappa shape index (κ3) is 4.65. The number of benzene rings is 1. The molecule has 2 aliphatic heterocycles. The van der Waals surface area contributed by atoms with Crippen molar-refractivity contribution in [2.24, 2.45) is 11.8 Å². The SMILES string of the molecule is COc1ccc(OC)c2c1CN(C(=O)[C@@H]1CCN(C(=O)OC(C)(C)C)[C@@H]1C(C)C)C[C@@H]2O. The van der Waals surface area contributed by atoms with Crippen LogP contribution < -0.4 is 9.47 Å². The number of methoxy groups -OCH3 is 2. The number of rotatable bonds is 4. The zero-order chi connectivity index (χ0) is 23.8. The highest BCUT2D eigenvalue weighted by Crippen LogP contribution is 2.41. The molecule has 2 amide bonds. The Labute approximate surface area is 190 Å². The first-order valence-corrected chi connectivity index (χ1v) is 11.2. The zero-order valence-corrected chi connectivity index (χ0v) is 20.2. The number of hydrogen-bond donors (Lipinski definition) is 1. The fourth-order valence-electron chi connectivity index (χ4n) is 4.92. The number of likely N-dealkylation sites (tertiary alicyclic amines) is 1. The van der Waals surface area contributed by atoms with Crippen LogP contribution >= 0.6 is 0 Å². The molecule has 0 radical (unpaired) electrons. The second kappa shape index (κ2) is 9.17. The standard InChI is InChI=1S/C24H36N2O6/c1-14(2)21-15(10-11-26(21)23(29)32-24(3,4)5)22(28)25-12-16-18(30-6)8-9-19(31-7)20(16)17(27)13-25/h8-9,14-15,17,21,27H,10-13H2,1-7H3/t15-,17+,21-/m1/s1. The highest BCUT2D eigenvalue weighted by molar-refractivity contribution is 5.82. The van der Waals surface area contributed by atoms with Crippen molar-refractivity contribution < 1.29 is 28.9 Å². The predicted molar refractivity (Wildman–Crippen MR) is 120 cm³/mol. The Morgan fingerprint density at radius 3 is 2.31 bits per heavy atom. The van der Waals surface area contributed by atoms with Crippen molar-refractivity contribution in [2.45, 2.75) is 65.3 Å². The quantitative estimate of drug-likeness (QED) is 0.760. The molecule has 8 nitrogen and oxygen atoms in total. The Hall–Kier alpha value is -2.48. The first kappa shape index (κ1) is 24.2. The average Bonchev–Trinajstić information content (AvgIpc) is 3.16. The number of fused-ring (bicyclic) bond motifs is 1. The molecule has 0 saturated carbocycles. The van der Waals surface area contributed by atoms with E-state index in [4.69, 9.17) is 14.2 Å². The molecule has 0 aromatic heterocycles. The van der Waals surface area contributed by atoms with Crippen LogP contribution in [0.4, 0.5) is 4.79 Å². The van der Waals surface area contributed by atoms with Crippen molar-refractivity contribution in [2.75, 3.05) is 27.3 Å². The van der Waals surface area contributed by atoms with Crippen LogP contribution in [0, 0.1) is 11.8 Å². The Morgan fingerprint density at radius 2 is 1.75 bits per heavy atom.